The van der Waals surface area contributed by atoms with Gasteiger partial charge in [-0.3, -0.25) is 9.69 Å². The maximum absolute atomic E-state index is 12.5. The van der Waals surface area contributed by atoms with Crippen LogP contribution in [0.4, 0.5) is 0 Å². The number of carbonyl (C=O) groups excluding carboxylic acids is 1. The lowest BCUT2D eigenvalue weighted by Gasteiger charge is -2.50. The van der Waals surface area contributed by atoms with E-state index in [4.69, 9.17) is 18.7 Å². The minimum Gasteiger partial charge on any atom is -0.493 e. The smallest absolute Gasteiger partial charge is 0.248 e. The van der Waals surface area contributed by atoms with Crippen LogP contribution in [0.5, 0.6) is 11.5 Å². The Labute approximate surface area is 182 Å². The van der Waals surface area contributed by atoms with Crippen molar-refractivity contribution in [2.75, 3.05) is 53.6 Å². The molecule has 1 atom stereocenters. The number of carbonyl (C=O) groups is 1. The number of rotatable bonds is 8. The Morgan fingerprint density at radius 3 is 2.71 bits per heavy atom. The van der Waals surface area contributed by atoms with Gasteiger partial charge in [0, 0.05) is 45.2 Å². The molecule has 2 aliphatic rings. The maximum atomic E-state index is 12.5. The Balaban J connectivity index is 1.47. The summed E-state index contributed by atoms with van der Waals surface area (Å²) in [6.45, 7) is 8.20. The summed E-state index contributed by atoms with van der Waals surface area (Å²) in [5.74, 6) is 2.75. The normalized spacial score (nSPS) is 20.1. The molecule has 0 bridgehead atoms. The summed E-state index contributed by atoms with van der Waals surface area (Å²) < 4.78 is 21.7. The van der Waals surface area contributed by atoms with Crippen molar-refractivity contribution in [1.82, 2.24) is 19.9 Å². The highest BCUT2D eigenvalue weighted by Gasteiger charge is 2.57. The molecule has 9 nitrogen and oxygen atoms in total. The van der Waals surface area contributed by atoms with Crippen molar-refractivity contribution in [3.8, 4) is 11.5 Å². The van der Waals surface area contributed by atoms with Gasteiger partial charge in [0.15, 0.2) is 17.3 Å². The number of likely N-dealkylation sites (tertiary alicyclic amines) is 2. The van der Waals surface area contributed by atoms with Crippen molar-refractivity contribution in [3.63, 3.8) is 0 Å². The van der Waals surface area contributed by atoms with Crippen LogP contribution in [0.3, 0.4) is 0 Å². The molecule has 0 saturated carbocycles. The first-order chi connectivity index (χ1) is 15.0. The molecular weight excluding hydrogens is 400 g/mol. The van der Waals surface area contributed by atoms with Crippen molar-refractivity contribution in [2.24, 2.45) is 5.41 Å². The molecule has 0 N–H and O–H groups in total. The third kappa shape index (κ3) is 4.24. The van der Waals surface area contributed by atoms with E-state index in [0.29, 0.717) is 31.4 Å². The standard InChI is InChI=1S/C22H30N4O5/c1-5-30-18-7-6-16(8-19(18)29-4)9-25-12-22(13-25)14-26(20(27)11-28-3)10-17(22)21-23-15(2)24-31-21/h6-8,17H,5,9-14H2,1-4H3. The number of methoxy groups -OCH3 is 2. The average molecular weight is 431 g/mol. The van der Waals surface area contributed by atoms with E-state index in [1.807, 2.05) is 30.9 Å². The molecule has 0 radical (unpaired) electrons. The first-order valence-electron chi connectivity index (χ1n) is 10.6. The highest BCUT2D eigenvalue weighted by molar-refractivity contribution is 5.78. The van der Waals surface area contributed by atoms with E-state index in [2.05, 4.69) is 21.1 Å². The molecule has 9 heteroatoms. The predicted molar refractivity (Wildman–Crippen MR) is 112 cm³/mol. The van der Waals surface area contributed by atoms with Crippen LogP contribution >= 0.6 is 0 Å². The van der Waals surface area contributed by atoms with E-state index in [9.17, 15) is 4.79 Å². The summed E-state index contributed by atoms with van der Waals surface area (Å²) in [6, 6.07) is 6.05. The van der Waals surface area contributed by atoms with Gasteiger partial charge in [-0.05, 0) is 31.5 Å². The van der Waals surface area contributed by atoms with Crippen LogP contribution in [0.15, 0.2) is 22.7 Å². The zero-order chi connectivity index (χ0) is 22.0. The number of nitrogens with zero attached hydrogens (tertiary/aromatic N) is 4. The molecule has 2 aliphatic heterocycles. The first-order valence-corrected chi connectivity index (χ1v) is 10.6. The number of aryl methyl sites for hydroxylation is 1. The predicted octanol–water partition coefficient (Wildman–Crippen LogP) is 1.86. The second-order valence-electron chi connectivity index (χ2n) is 8.37. The lowest BCUT2D eigenvalue weighted by molar-refractivity contribution is -0.135. The largest absolute Gasteiger partial charge is 0.493 e. The molecule has 4 rings (SSSR count). The van der Waals surface area contributed by atoms with Crippen molar-refractivity contribution in [1.29, 1.82) is 0 Å². The lowest BCUT2D eigenvalue weighted by atomic mass is 9.71. The van der Waals surface area contributed by atoms with Crippen LogP contribution in [0.1, 0.15) is 30.1 Å². The highest BCUT2D eigenvalue weighted by atomic mass is 16.5. The number of hydrogen-bond acceptors (Lipinski definition) is 8. The molecule has 3 heterocycles. The van der Waals surface area contributed by atoms with E-state index < -0.39 is 0 Å². The third-order valence-corrected chi connectivity index (χ3v) is 6.12. The van der Waals surface area contributed by atoms with Crippen molar-refractivity contribution < 1.29 is 23.5 Å². The first kappa shape index (κ1) is 21.6. The van der Waals surface area contributed by atoms with E-state index >= 15 is 0 Å². The summed E-state index contributed by atoms with van der Waals surface area (Å²) in [5.41, 5.74) is 1.07. The minimum atomic E-state index is -0.0856. The van der Waals surface area contributed by atoms with Crippen molar-refractivity contribution in [3.05, 3.63) is 35.5 Å². The number of benzene rings is 1. The van der Waals surface area contributed by atoms with Gasteiger partial charge >= 0.3 is 0 Å². The van der Waals surface area contributed by atoms with Gasteiger partial charge in [-0.25, -0.2) is 0 Å². The molecule has 2 fully saturated rings. The molecule has 1 spiro atoms. The number of hydrogen-bond donors (Lipinski definition) is 0. The molecule has 1 aromatic heterocycles. The highest BCUT2D eigenvalue weighted by Crippen LogP contribution is 2.49. The molecular formula is C22H30N4O5. The molecule has 2 aromatic rings. The van der Waals surface area contributed by atoms with Crippen LogP contribution < -0.4 is 9.47 Å². The van der Waals surface area contributed by atoms with E-state index in [0.717, 1.165) is 36.7 Å². The van der Waals surface area contributed by atoms with Gasteiger partial charge in [0.2, 0.25) is 11.8 Å². The fourth-order valence-electron chi connectivity index (χ4n) is 4.79. The van der Waals surface area contributed by atoms with Crippen LogP contribution in [0.25, 0.3) is 0 Å². The van der Waals surface area contributed by atoms with E-state index in [1.165, 1.54) is 0 Å². The fourth-order valence-corrected chi connectivity index (χ4v) is 4.79. The number of ether oxygens (including phenoxy) is 3. The van der Waals surface area contributed by atoms with Crippen molar-refractivity contribution in [2.45, 2.75) is 26.3 Å². The minimum absolute atomic E-state index is 0.00434. The average Bonchev–Trinajstić information content (AvgIpc) is 3.33. The second-order valence-corrected chi connectivity index (χ2v) is 8.37. The maximum Gasteiger partial charge on any atom is 0.248 e. The lowest BCUT2D eigenvalue weighted by Crippen LogP contribution is -2.59. The third-order valence-electron chi connectivity index (χ3n) is 6.12. The summed E-state index contributed by atoms with van der Waals surface area (Å²) in [4.78, 5) is 21.2. The van der Waals surface area contributed by atoms with Gasteiger partial charge in [-0.15, -0.1) is 0 Å². The molecule has 1 aromatic carbocycles. The van der Waals surface area contributed by atoms with Gasteiger partial charge in [-0.1, -0.05) is 11.2 Å². The zero-order valence-corrected chi connectivity index (χ0v) is 18.6. The van der Waals surface area contributed by atoms with E-state index in [1.54, 1.807) is 14.2 Å². The van der Waals surface area contributed by atoms with Crippen LogP contribution in [0, 0.1) is 12.3 Å². The Bertz CT molecular complexity index is 924. The van der Waals surface area contributed by atoms with Crippen LogP contribution in [-0.4, -0.2) is 79.5 Å². The molecule has 168 valence electrons. The quantitative estimate of drug-likeness (QED) is 0.627. The summed E-state index contributed by atoms with van der Waals surface area (Å²) in [5, 5.41) is 3.97. The molecule has 31 heavy (non-hydrogen) atoms. The SMILES string of the molecule is CCOc1ccc(CN2CC3(C2)CN(C(=O)COC)CC3c2nc(C)no2)cc1OC. The van der Waals surface area contributed by atoms with Gasteiger partial charge in [0.25, 0.3) is 0 Å². The Morgan fingerprint density at radius 1 is 1.26 bits per heavy atom. The van der Waals surface area contributed by atoms with Crippen molar-refractivity contribution >= 4 is 5.91 Å². The van der Waals surface area contributed by atoms with E-state index in [-0.39, 0.29) is 23.8 Å². The summed E-state index contributed by atoms with van der Waals surface area (Å²) in [7, 11) is 3.19. The summed E-state index contributed by atoms with van der Waals surface area (Å²) >= 11 is 0. The summed E-state index contributed by atoms with van der Waals surface area (Å²) in [6.07, 6.45) is 0. The molecule has 2 saturated heterocycles. The second kappa shape index (κ2) is 8.84. The number of aromatic nitrogens is 2. The van der Waals surface area contributed by atoms with Crippen LogP contribution in [0.2, 0.25) is 0 Å². The van der Waals surface area contributed by atoms with Gasteiger partial charge < -0.3 is 23.6 Å². The Hall–Kier alpha value is -2.65. The van der Waals surface area contributed by atoms with Gasteiger partial charge in [0.05, 0.1) is 19.6 Å². The zero-order valence-electron chi connectivity index (χ0n) is 18.6. The van der Waals surface area contributed by atoms with Gasteiger partial charge in [0.1, 0.15) is 6.61 Å². The topological polar surface area (TPSA) is 90.2 Å². The monoisotopic (exact) mass is 430 g/mol. The Morgan fingerprint density at radius 2 is 2.06 bits per heavy atom. The Kier molecular flexibility index (Phi) is 6.15. The molecule has 1 unspecified atom stereocenters. The number of amides is 1. The fraction of sp³-hybridized carbons (Fsp3) is 0.591. The molecule has 1 amide bonds. The molecule has 0 aliphatic carbocycles. The van der Waals surface area contributed by atoms with Crippen LogP contribution in [-0.2, 0) is 16.1 Å². The van der Waals surface area contributed by atoms with Gasteiger partial charge in [-0.2, -0.15) is 4.98 Å².